The summed E-state index contributed by atoms with van der Waals surface area (Å²) in [5.41, 5.74) is -6.16. The van der Waals surface area contributed by atoms with Crippen LogP contribution in [0, 0.1) is 0 Å². The van der Waals surface area contributed by atoms with Crippen LogP contribution < -0.4 is 0 Å². The van der Waals surface area contributed by atoms with Gasteiger partial charge >= 0.3 is 23.9 Å². The predicted octanol–water partition coefficient (Wildman–Crippen LogP) is 3.41. The number of ether oxygens (including phenoxy) is 1. The molecule has 0 amide bonds. The Morgan fingerprint density at radius 1 is 0.926 bits per heavy atom. The van der Waals surface area contributed by atoms with Crippen molar-refractivity contribution in [1.29, 1.82) is 0 Å². The van der Waals surface area contributed by atoms with Crippen molar-refractivity contribution in [2.24, 2.45) is 0 Å². The van der Waals surface area contributed by atoms with Crippen molar-refractivity contribution in [3.8, 4) is 0 Å². The van der Waals surface area contributed by atoms with E-state index in [2.05, 4.69) is 4.74 Å². The van der Waals surface area contributed by atoms with Crippen LogP contribution in [0.1, 0.15) is 10.4 Å². The first-order valence-corrected chi connectivity index (χ1v) is 8.54. The highest BCUT2D eigenvalue weighted by molar-refractivity contribution is 7.85. The second-order valence-corrected chi connectivity index (χ2v) is 6.84. The average Bonchev–Trinajstić information content (AvgIpc) is 2.50. The van der Waals surface area contributed by atoms with E-state index in [0.717, 1.165) is 6.07 Å². The zero-order chi connectivity index (χ0) is 20.7. The van der Waals surface area contributed by atoms with Gasteiger partial charge in [-0.25, -0.2) is 13.2 Å². The molecule has 0 saturated heterocycles. The van der Waals surface area contributed by atoms with E-state index in [1.807, 2.05) is 0 Å². The van der Waals surface area contributed by atoms with E-state index in [9.17, 15) is 44.1 Å². The SMILES string of the molecule is O=C(OC(CS(=O)(=O)[O-])(C(F)(F)F)C(F)(F)F)c1cccc2ccccc12. The quantitative estimate of drug-likeness (QED) is 0.434. The van der Waals surface area contributed by atoms with Crippen LogP contribution >= 0.6 is 0 Å². The Labute approximate surface area is 148 Å². The van der Waals surface area contributed by atoms with Crippen molar-refractivity contribution >= 4 is 26.9 Å². The van der Waals surface area contributed by atoms with Crippen LogP contribution in [0.5, 0.6) is 0 Å². The van der Waals surface area contributed by atoms with E-state index in [0.29, 0.717) is 5.39 Å². The molecule has 2 aromatic carbocycles. The summed E-state index contributed by atoms with van der Waals surface area (Å²) in [6, 6.07) is 9.11. The van der Waals surface area contributed by atoms with Gasteiger partial charge in [-0.05, 0) is 16.8 Å². The summed E-state index contributed by atoms with van der Waals surface area (Å²) in [4.78, 5) is 12.1. The van der Waals surface area contributed by atoms with Crippen LogP contribution in [0.2, 0.25) is 0 Å². The molecule has 27 heavy (non-hydrogen) atoms. The van der Waals surface area contributed by atoms with E-state index >= 15 is 0 Å². The van der Waals surface area contributed by atoms with Crippen LogP contribution in [0.15, 0.2) is 42.5 Å². The van der Waals surface area contributed by atoms with Crippen molar-refractivity contribution in [2.45, 2.75) is 18.0 Å². The number of hydrogen-bond donors (Lipinski definition) is 0. The molecule has 0 N–H and O–H groups in total. The highest BCUT2D eigenvalue weighted by Gasteiger charge is 2.75. The van der Waals surface area contributed by atoms with E-state index in [1.54, 1.807) is 0 Å². The van der Waals surface area contributed by atoms with E-state index in [-0.39, 0.29) is 5.39 Å². The molecule has 2 rings (SSSR count). The number of halogens is 6. The minimum absolute atomic E-state index is 0.0202. The zero-order valence-corrected chi connectivity index (χ0v) is 13.8. The molecule has 0 radical (unpaired) electrons. The molecule has 0 aromatic heterocycles. The maximum Gasteiger partial charge on any atom is 0.438 e. The van der Waals surface area contributed by atoms with Crippen molar-refractivity contribution in [1.82, 2.24) is 0 Å². The van der Waals surface area contributed by atoms with Gasteiger partial charge in [0.15, 0.2) is 0 Å². The number of esters is 1. The largest absolute Gasteiger partial charge is 0.748 e. The van der Waals surface area contributed by atoms with Crippen LogP contribution in [0.4, 0.5) is 26.3 Å². The first-order valence-electron chi connectivity index (χ1n) is 6.96. The van der Waals surface area contributed by atoms with Crippen molar-refractivity contribution in [3.63, 3.8) is 0 Å². The summed E-state index contributed by atoms with van der Waals surface area (Å²) in [5, 5.41) is 0.293. The number of benzene rings is 2. The van der Waals surface area contributed by atoms with Crippen LogP contribution in [0.3, 0.4) is 0 Å². The number of alkyl halides is 6. The Bertz CT molecular complexity index is 945. The molecule has 5 nitrogen and oxygen atoms in total. The Morgan fingerprint density at radius 2 is 1.44 bits per heavy atom. The lowest BCUT2D eigenvalue weighted by Crippen LogP contribution is -2.63. The summed E-state index contributed by atoms with van der Waals surface area (Å²) < 4.78 is 115. The molecule has 0 aliphatic heterocycles. The molecule has 0 unspecified atom stereocenters. The number of carbonyl (C=O) groups excluding carboxylic acids is 1. The minimum atomic E-state index is -6.41. The monoisotopic (exact) mass is 415 g/mol. The van der Waals surface area contributed by atoms with Crippen LogP contribution in [-0.2, 0) is 14.9 Å². The van der Waals surface area contributed by atoms with Gasteiger partial charge < -0.3 is 9.29 Å². The second kappa shape index (κ2) is 6.68. The maximum absolute atomic E-state index is 13.2. The third kappa shape index (κ3) is 4.16. The standard InChI is InChI=1S/C15H10F6O5S/c16-14(17,18)13(15(19,20)21,8-27(23,24)25)26-12(22)11-7-3-5-9-4-1-2-6-10(9)11/h1-7H,8H2,(H,23,24,25)/p-1. The summed E-state index contributed by atoms with van der Waals surface area (Å²) >= 11 is 0. The molecule has 0 aliphatic carbocycles. The molecule has 12 heteroatoms. The molecule has 148 valence electrons. The lowest BCUT2D eigenvalue weighted by molar-refractivity contribution is -0.356. The zero-order valence-electron chi connectivity index (χ0n) is 13.0. The molecule has 0 bridgehead atoms. The average molecular weight is 415 g/mol. The van der Waals surface area contributed by atoms with Crippen molar-refractivity contribution in [2.75, 3.05) is 5.75 Å². The molecule has 0 saturated carbocycles. The Balaban J connectivity index is 2.62. The summed E-state index contributed by atoms with van der Waals surface area (Å²) in [6.07, 6.45) is -12.8. The second-order valence-electron chi connectivity index (χ2n) is 5.44. The van der Waals surface area contributed by atoms with Gasteiger partial charge in [0.1, 0.15) is 0 Å². The topological polar surface area (TPSA) is 83.5 Å². The first-order chi connectivity index (χ1) is 12.2. The van der Waals surface area contributed by atoms with Gasteiger partial charge in [-0.15, -0.1) is 0 Å². The first kappa shape index (κ1) is 21.0. The lowest BCUT2D eigenvalue weighted by Gasteiger charge is -2.36. The van der Waals surface area contributed by atoms with Gasteiger partial charge in [0, 0.05) is 0 Å². The third-order valence-electron chi connectivity index (χ3n) is 3.57. The molecule has 0 atom stereocenters. The number of hydrogen-bond acceptors (Lipinski definition) is 5. The van der Waals surface area contributed by atoms with Gasteiger partial charge in [-0.2, -0.15) is 26.3 Å². The van der Waals surface area contributed by atoms with E-state index in [4.69, 9.17) is 0 Å². The highest BCUT2D eigenvalue weighted by Crippen LogP contribution is 2.47. The molecular formula is C15H9F6O5S-. The van der Waals surface area contributed by atoms with E-state index in [1.165, 1.54) is 36.4 Å². The van der Waals surface area contributed by atoms with Gasteiger partial charge in [0.25, 0.3) is 0 Å². The van der Waals surface area contributed by atoms with Gasteiger partial charge in [0.2, 0.25) is 0 Å². The van der Waals surface area contributed by atoms with Crippen LogP contribution in [-0.4, -0.2) is 42.6 Å². The number of fused-ring (bicyclic) bond motifs is 1. The molecule has 2 aromatic rings. The van der Waals surface area contributed by atoms with Crippen molar-refractivity contribution < 1.29 is 48.8 Å². The lowest BCUT2D eigenvalue weighted by atomic mass is 10.0. The van der Waals surface area contributed by atoms with Gasteiger partial charge in [0.05, 0.1) is 21.4 Å². The summed E-state index contributed by atoms with van der Waals surface area (Å²) in [7, 11) is -6.09. The van der Waals surface area contributed by atoms with Crippen molar-refractivity contribution in [3.05, 3.63) is 48.0 Å². The molecule has 0 aliphatic rings. The highest BCUT2D eigenvalue weighted by atomic mass is 32.2. The van der Waals surface area contributed by atoms with Gasteiger partial charge in [-0.3, -0.25) is 0 Å². The molecule has 0 fully saturated rings. The fraction of sp³-hybridized carbons (Fsp3) is 0.267. The normalized spacial score (nSPS) is 13.6. The summed E-state index contributed by atoms with van der Waals surface area (Å²) in [5.74, 6) is -5.12. The number of rotatable bonds is 4. The fourth-order valence-corrected chi connectivity index (χ4v) is 3.22. The van der Waals surface area contributed by atoms with Crippen LogP contribution in [0.25, 0.3) is 10.8 Å². The number of carbonyl (C=O) groups is 1. The fourth-order valence-electron chi connectivity index (χ4n) is 2.34. The van der Waals surface area contributed by atoms with E-state index < -0.39 is 45.4 Å². The maximum atomic E-state index is 13.2. The Kier molecular flexibility index (Phi) is 5.18. The molecule has 0 spiro atoms. The van der Waals surface area contributed by atoms with Gasteiger partial charge in [-0.1, -0.05) is 36.4 Å². The molecule has 0 heterocycles. The summed E-state index contributed by atoms with van der Waals surface area (Å²) in [6.45, 7) is 0. The third-order valence-corrected chi connectivity index (χ3v) is 4.33. The Morgan fingerprint density at radius 3 is 1.96 bits per heavy atom. The minimum Gasteiger partial charge on any atom is -0.748 e. The smallest absolute Gasteiger partial charge is 0.438 e. The molecular weight excluding hydrogens is 406 g/mol. The predicted molar refractivity (Wildman–Crippen MR) is 78.8 cm³/mol. The Hall–Kier alpha value is -2.34.